The molecule has 0 unspecified atom stereocenters. The highest BCUT2D eigenvalue weighted by atomic mass is 28.4. The maximum atomic E-state index is 11.8. The Labute approximate surface area is 140 Å². The third-order valence-electron chi connectivity index (χ3n) is 4.09. The lowest BCUT2D eigenvalue weighted by Gasteiger charge is -2.36. The molecule has 0 aliphatic heterocycles. The molecule has 0 spiro atoms. The molecule has 0 aromatic heterocycles. The molecule has 2 nitrogen and oxygen atoms in total. The lowest BCUT2D eigenvalue weighted by atomic mass is 10.1. The van der Waals surface area contributed by atoms with Crippen LogP contribution in [0.15, 0.2) is 0 Å². The average Bonchev–Trinajstić information content (AvgIpc) is 2.31. The number of hydrogen-bond acceptors (Lipinski definition) is 2. The summed E-state index contributed by atoms with van der Waals surface area (Å²) >= 11 is 0. The first-order chi connectivity index (χ1) is 9.85. The Morgan fingerprint density at radius 2 is 1.55 bits per heavy atom. The van der Waals surface area contributed by atoms with Crippen LogP contribution in [-0.2, 0) is 9.22 Å². The minimum absolute atomic E-state index is 0.242. The second kappa shape index (κ2) is 9.05. The summed E-state index contributed by atoms with van der Waals surface area (Å²) in [5.74, 6) is 3.58. The van der Waals surface area contributed by atoms with Gasteiger partial charge in [0.1, 0.15) is 13.9 Å². The van der Waals surface area contributed by atoms with Crippen molar-refractivity contribution in [3.8, 4) is 11.5 Å². The van der Waals surface area contributed by atoms with Gasteiger partial charge in [-0.1, -0.05) is 40.4 Å². The van der Waals surface area contributed by atoms with Crippen LogP contribution in [0.4, 0.5) is 0 Å². The molecule has 0 heterocycles. The van der Waals surface area contributed by atoms with Gasteiger partial charge in [0.05, 0.1) is 0 Å². The number of Topliss-reactive ketones (excluding diaryl/α,β-unsaturated/α-hetero) is 1. The smallest absolute Gasteiger partial charge is 0.191 e. The SMILES string of the molecule is CC(C)(C)[Si](C)(C)OCCCC(=O)CCCC#C[Si](C)(C)C. The number of unbranched alkanes of at least 4 members (excludes halogenated alkanes) is 1. The van der Waals surface area contributed by atoms with E-state index in [9.17, 15) is 4.79 Å². The van der Waals surface area contributed by atoms with Gasteiger partial charge in [0.2, 0.25) is 0 Å². The van der Waals surface area contributed by atoms with Crippen LogP contribution >= 0.6 is 0 Å². The van der Waals surface area contributed by atoms with Crippen molar-refractivity contribution >= 4 is 22.2 Å². The summed E-state index contributed by atoms with van der Waals surface area (Å²) in [5, 5.41) is 0.242. The Kier molecular flexibility index (Phi) is 8.90. The van der Waals surface area contributed by atoms with Crippen LogP contribution in [0.5, 0.6) is 0 Å². The zero-order valence-corrected chi connectivity index (χ0v) is 18.1. The summed E-state index contributed by atoms with van der Waals surface area (Å²) in [6.07, 6.45) is 3.93. The van der Waals surface area contributed by atoms with Gasteiger partial charge >= 0.3 is 0 Å². The van der Waals surface area contributed by atoms with Gasteiger partial charge in [-0.3, -0.25) is 4.79 Å². The molecule has 0 aromatic carbocycles. The molecule has 0 radical (unpaired) electrons. The van der Waals surface area contributed by atoms with Crippen molar-refractivity contribution in [1.29, 1.82) is 0 Å². The van der Waals surface area contributed by atoms with Gasteiger partial charge in [0.25, 0.3) is 0 Å². The summed E-state index contributed by atoms with van der Waals surface area (Å²) < 4.78 is 6.09. The van der Waals surface area contributed by atoms with E-state index < -0.39 is 16.4 Å². The van der Waals surface area contributed by atoms with E-state index >= 15 is 0 Å². The molecule has 0 saturated heterocycles. The Bertz CT molecular complexity index is 404. The minimum Gasteiger partial charge on any atom is -0.417 e. The molecule has 0 N–H and O–H groups in total. The molecule has 0 aromatic rings. The van der Waals surface area contributed by atoms with E-state index in [0.717, 1.165) is 25.9 Å². The van der Waals surface area contributed by atoms with Crippen molar-refractivity contribution in [3.63, 3.8) is 0 Å². The summed E-state index contributed by atoms with van der Waals surface area (Å²) in [5.41, 5.74) is 3.34. The third-order valence-corrected chi connectivity index (χ3v) is 9.55. The molecular weight excluding hydrogens is 304 g/mol. The van der Waals surface area contributed by atoms with Crippen LogP contribution in [0.3, 0.4) is 0 Å². The first-order valence-corrected chi connectivity index (χ1v) is 14.9. The average molecular weight is 341 g/mol. The molecule has 22 heavy (non-hydrogen) atoms. The van der Waals surface area contributed by atoms with E-state index in [-0.39, 0.29) is 5.04 Å². The molecule has 128 valence electrons. The van der Waals surface area contributed by atoms with Gasteiger partial charge in [-0.25, -0.2) is 0 Å². The van der Waals surface area contributed by atoms with E-state index in [0.29, 0.717) is 18.6 Å². The quantitative estimate of drug-likeness (QED) is 0.335. The number of hydrogen-bond donors (Lipinski definition) is 0. The normalized spacial score (nSPS) is 12.7. The molecule has 4 heteroatoms. The van der Waals surface area contributed by atoms with Gasteiger partial charge < -0.3 is 4.43 Å². The largest absolute Gasteiger partial charge is 0.417 e. The minimum atomic E-state index is -1.66. The first kappa shape index (κ1) is 21.6. The fourth-order valence-electron chi connectivity index (χ4n) is 1.64. The number of carbonyl (C=O) groups excluding carboxylic acids is 1. The molecule has 0 rings (SSSR count). The highest BCUT2D eigenvalue weighted by Gasteiger charge is 2.36. The third kappa shape index (κ3) is 10.4. The zero-order valence-electron chi connectivity index (χ0n) is 16.1. The topological polar surface area (TPSA) is 26.3 Å². The van der Waals surface area contributed by atoms with Crippen LogP contribution in [0, 0.1) is 11.5 Å². The van der Waals surface area contributed by atoms with Crippen LogP contribution in [-0.4, -0.2) is 28.8 Å². The highest BCUT2D eigenvalue weighted by molar-refractivity contribution is 6.83. The van der Waals surface area contributed by atoms with Gasteiger partial charge in [-0.05, 0) is 31.0 Å². The lowest BCUT2D eigenvalue weighted by Crippen LogP contribution is -2.41. The van der Waals surface area contributed by atoms with Gasteiger partial charge in [0, 0.05) is 25.9 Å². The lowest BCUT2D eigenvalue weighted by molar-refractivity contribution is -0.119. The zero-order chi connectivity index (χ0) is 17.4. The molecule has 0 aliphatic carbocycles. The van der Waals surface area contributed by atoms with E-state index in [2.05, 4.69) is 65.0 Å². The van der Waals surface area contributed by atoms with E-state index in [1.54, 1.807) is 0 Å². The monoisotopic (exact) mass is 340 g/mol. The van der Waals surface area contributed by atoms with Crippen LogP contribution in [0.1, 0.15) is 52.9 Å². The number of ketones is 1. The van der Waals surface area contributed by atoms with Crippen LogP contribution in [0.2, 0.25) is 37.8 Å². The first-order valence-electron chi connectivity index (χ1n) is 8.51. The fraction of sp³-hybridized carbons (Fsp3) is 0.833. The molecule has 0 amide bonds. The van der Waals surface area contributed by atoms with Crippen molar-refractivity contribution in [3.05, 3.63) is 0 Å². The molecule has 0 aliphatic rings. The van der Waals surface area contributed by atoms with Crippen molar-refractivity contribution in [1.82, 2.24) is 0 Å². The second-order valence-corrected chi connectivity index (χ2v) is 18.2. The molecule has 0 atom stereocenters. The molecular formula is C18H36O2Si2. The maximum absolute atomic E-state index is 11.8. The highest BCUT2D eigenvalue weighted by Crippen LogP contribution is 2.36. The maximum Gasteiger partial charge on any atom is 0.191 e. The van der Waals surface area contributed by atoms with Crippen LogP contribution < -0.4 is 0 Å². The van der Waals surface area contributed by atoms with Gasteiger partial charge in [-0.2, -0.15) is 0 Å². The van der Waals surface area contributed by atoms with Crippen molar-refractivity contribution in [2.75, 3.05) is 6.61 Å². The standard InChI is InChI=1S/C18H36O2Si2/c1-18(2,3)22(7,8)20-15-12-14-17(19)13-10-9-11-16-21(4,5)6/h9-10,12-15H2,1-8H3. The number of carbonyl (C=O) groups is 1. The van der Waals surface area contributed by atoms with Crippen molar-refractivity contribution in [2.45, 2.75) is 90.6 Å². The Hall–Kier alpha value is -0.376. The van der Waals surface area contributed by atoms with Crippen molar-refractivity contribution in [2.24, 2.45) is 0 Å². The van der Waals surface area contributed by atoms with E-state index in [4.69, 9.17) is 4.43 Å². The van der Waals surface area contributed by atoms with E-state index in [1.807, 2.05) is 0 Å². The summed E-state index contributed by atoms with van der Waals surface area (Å²) in [6.45, 7) is 18.7. The van der Waals surface area contributed by atoms with Crippen molar-refractivity contribution < 1.29 is 9.22 Å². The fourth-order valence-corrected chi connectivity index (χ4v) is 3.38. The Morgan fingerprint density at radius 3 is 2.05 bits per heavy atom. The van der Waals surface area contributed by atoms with Gasteiger partial charge in [0.15, 0.2) is 8.32 Å². The Morgan fingerprint density at radius 1 is 1.00 bits per heavy atom. The number of rotatable bonds is 8. The molecule has 0 fully saturated rings. The molecule has 0 saturated carbocycles. The predicted molar refractivity (Wildman–Crippen MR) is 102 cm³/mol. The second-order valence-electron chi connectivity index (χ2n) is 8.66. The summed E-state index contributed by atoms with van der Waals surface area (Å²) in [4.78, 5) is 11.8. The summed E-state index contributed by atoms with van der Waals surface area (Å²) in [6, 6.07) is 0. The van der Waals surface area contributed by atoms with Gasteiger partial charge in [-0.15, -0.1) is 11.5 Å². The van der Waals surface area contributed by atoms with Crippen LogP contribution in [0.25, 0.3) is 0 Å². The molecule has 0 bridgehead atoms. The summed E-state index contributed by atoms with van der Waals surface area (Å²) in [7, 11) is -2.91. The predicted octanol–water partition coefficient (Wildman–Crippen LogP) is 5.41. The Balaban J connectivity index is 3.82. The van der Waals surface area contributed by atoms with E-state index in [1.165, 1.54) is 0 Å².